The van der Waals surface area contributed by atoms with Crippen LogP contribution in [0.5, 0.6) is 0 Å². The minimum Gasteiger partial charge on any atom is -0.359 e. The Labute approximate surface area is 92.5 Å². The second kappa shape index (κ2) is 5.40. The van der Waals surface area contributed by atoms with Crippen molar-refractivity contribution in [1.82, 2.24) is 0 Å². The summed E-state index contributed by atoms with van der Waals surface area (Å²) < 4.78 is 0. The molecule has 1 atom stereocenters. The molecule has 0 aliphatic heterocycles. The van der Waals surface area contributed by atoms with E-state index in [0.717, 1.165) is 5.69 Å². The van der Waals surface area contributed by atoms with E-state index in [0.29, 0.717) is 5.92 Å². The molecule has 0 aliphatic carbocycles. The lowest BCUT2D eigenvalue weighted by atomic mass is 10.1. The molecule has 1 rings (SSSR count). The van der Waals surface area contributed by atoms with Gasteiger partial charge in [-0.05, 0) is 26.0 Å². The fourth-order valence-corrected chi connectivity index (χ4v) is 1.38. The molecule has 1 aromatic rings. The van der Waals surface area contributed by atoms with Crippen LogP contribution >= 0.6 is 0 Å². The van der Waals surface area contributed by atoms with Crippen LogP contribution in [-0.2, 0) is 0 Å². The monoisotopic (exact) mass is 201 g/mol. The summed E-state index contributed by atoms with van der Waals surface area (Å²) in [5, 5.41) is 3.40. The van der Waals surface area contributed by atoms with Gasteiger partial charge in [-0.2, -0.15) is 0 Å². The van der Waals surface area contributed by atoms with Gasteiger partial charge in [0.05, 0.1) is 0 Å². The van der Waals surface area contributed by atoms with E-state index in [1.807, 2.05) is 13.0 Å². The largest absolute Gasteiger partial charge is 0.359 e. The Kier molecular flexibility index (Phi) is 4.17. The molecule has 1 aromatic carbocycles. The minimum absolute atomic E-state index is 0.358. The van der Waals surface area contributed by atoms with Crippen LogP contribution in [0, 0.1) is 12.8 Å². The molecule has 0 saturated heterocycles. The van der Waals surface area contributed by atoms with Crippen molar-refractivity contribution in [1.29, 1.82) is 0 Å². The quantitative estimate of drug-likeness (QED) is 0.722. The van der Waals surface area contributed by atoms with Gasteiger partial charge in [-0.15, -0.1) is 6.58 Å². The zero-order valence-corrected chi connectivity index (χ0v) is 9.75. The molecule has 0 radical (unpaired) electrons. The van der Waals surface area contributed by atoms with Gasteiger partial charge in [-0.1, -0.05) is 36.8 Å². The highest BCUT2D eigenvalue weighted by molar-refractivity contribution is 5.49. The number of allylic oxidation sites excluding steroid dienone is 2. The number of hydrogen-bond acceptors (Lipinski definition) is 1. The van der Waals surface area contributed by atoms with Crippen LogP contribution in [-0.4, -0.2) is 0 Å². The molecule has 1 heteroatoms. The maximum absolute atomic E-state index is 3.80. The molecule has 0 fully saturated rings. The van der Waals surface area contributed by atoms with E-state index in [2.05, 4.69) is 56.1 Å². The Balaban J connectivity index is 2.76. The molecule has 0 spiro atoms. The summed E-state index contributed by atoms with van der Waals surface area (Å²) in [6.45, 7) is 10.1. The van der Waals surface area contributed by atoms with Crippen LogP contribution in [0.4, 0.5) is 5.69 Å². The summed E-state index contributed by atoms with van der Waals surface area (Å²) >= 11 is 0. The molecule has 0 heterocycles. The third-order valence-corrected chi connectivity index (χ3v) is 2.50. The highest BCUT2D eigenvalue weighted by Gasteiger charge is 2.03. The summed E-state index contributed by atoms with van der Waals surface area (Å²) in [7, 11) is 0. The number of benzene rings is 1. The molecule has 1 nitrogen and oxygen atoms in total. The first-order valence-electron chi connectivity index (χ1n) is 5.29. The molecule has 0 aromatic heterocycles. The van der Waals surface area contributed by atoms with Gasteiger partial charge in [0.15, 0.2) is 0 Å². The third-order valence-electron chi connectivity index (χ3n) is 2.50. The van der Waals surface area contributed by atoms with Crippen molar-refractivity contribution in [2.75, 3.05) is 5.32 Å². The van der Waals surface area contributed by atoms with E-state index in [9.17, 15) is 0 Å². The molecule has 0 unspecified atom stereocenters. The predicted octanol–water partition coefficient (Wildman–Crippen LogP) is 4.13. The van der Waals surface area contributed by atoms with Crippen LogP contribution in [0.25, 0.3) is 0 Å². The molecule has 0 aliphatic rings. The van der Waals surface area contributed by atoms with Gasteiger partial charge < -0.3 is 5.32 Å². The van der Waals surface area contributed by atoms with Gasteiger partial charge in [0.25, 0.3) is 0 Å². The summed E-state index contributed by atoms with van der Waals surface area (Å²) in [6.07, 6.45) is 4.03. The van der Waals surface area contributed by atoms with Gasteiger partial charge >= 0.3 is 0 Å². The fourth-order valence-electron chi connectivity index (χ4n) is 1.38. The molecule has 0 saturated carbocycles. The molecular formula is C14H19N. The van der Waals surface area contributed by atoms with Crippen LogP contribution < -0.4 is 5.32 Å². The van der Waals surface area contributed by atoms with Crippen molar-refractivity contribution >= 4 is 5.69 Å². The van der Waals surface area contributed by atoms with Gasteiger partial charge in [-0.3, -0.25) is 0 Å². The van der Waals surface area contributed by atoms with Crippen molar-refractivity contribution in [2.24, 2.45) is 5.92 Å². The number of anilines is 1. The molecule has 1 N–H and O–H groups in total. The van der Waals surface area contributed by atoms with Crippen LogP contribution in [0.1, 0.15) is 19.4 Å². The standard InChI is InChI=1S/C14H19N/c1-5-12(4)14(6-2)15-13-9-7-11(3)8-10-13/h5-10,12,15H,1H2,2-4H3/b14-6+/t12-/m0/s1. The van der Waals surface area contributed by atoms with Crippen molar-refractivity contribution in [2.45, 2.75) is 20.8 Å². The molecule has 0 bridgehead atoms. The highest BCUT2D eigenvalue weighted by Crippen LogP contribution is 2.16. The number of rotatable bonds is 4. The SMILES string of the molecule is C=C[C@H](C)/C(=C\C)Nc1ccc(C)cc1. The Bertz CT molecular complexity index is 346. The number of nitrogens with one attached hydrogen (secondary N) is 1. The van der Waals surface area contributed by atoms with Crippen molar-refractivity contribution < 1.29 is 0 Å². The fraction of sp³-hybridized carbons (Fsp3) is 0.286. The Morgan fingerprint density at radius 2 is 1.93 bits per heavy atom. The Hall–Kier alpha value is -1.50. The lowest BCUT2D eigenvalue weighted by Crippen LogP contribution is -2.06. The third kappa shape index (κ3) is 3.28. The van der Waals surface area contributed by atoms with Crippen LogP contribution in [0.15, 0.2) is 48.7 Å². The summed E-state index contributed by atoms with van der Waals surface area (Å²) in [4.78, 5) is 0. The van der Waals surface area contributed by atoms with Crippen molar-refractivity contribution in [3.63, 3.8) is 0 Å². The van der Waals surface area contributed by atoms with E-state index in [1.165, 1.54) is 11.3 Å². The maximum Gasteiger partial charge on any atom is 0.0382 e. The van der Waals surface area contributed by atoms with E-state index in [4.69, 9.17) is 0 Å². The smallest absolute Gasteiger partial charge is 0.0382 e. The molecule has 0 amide bonds. The van der Waals surface area contributed by atoms with E-state index in [-0.39, 0.29) is 0 Å². The molecular weight excluding hydrogens is 182 g/mol. The summed E-state index contributed by atoms with van der Waals surface area (Å²) in [5.74, 6) is 0.358. The lowest BCUT2D eigenvalue weighted by Gasteiger charge is -2.14. The van der Waals surface area contributed by atoms with Crippen LogP contribution in [0.3, 0.4) is 0 Å². The number of hydrogen-bond donors (Lipinski definition) is 1. The number of aryl methyl sites for hydroxylation is 1. The van der Waals surface area contributed by atoms with Gasteiger partial charge in [-0.25, -0.2) is 0 Å². The van der Waals surface area contributed by atoms with E-state index >= 15 is 0 Å². The van der Waals surface area contributed by atoms with Gasteiger partial charge in [0.2, 0.25) is 0 Å². The first-order valence-corrected chi connectivity index (χ1v) is 5.29. The van der Waals surface area contributed by atoms with E-state index in [1.54, 1.807) is 0 Å². The van der Waals surface area contributed by atoms with Crippen molar-refractivity contribution in [3.05, 3.63) is 54.3 Å². The zero-order valence-electron chi connectivity index (χ0n) is 9.75. The summed E-state index contributed by atoms with van der Waals surface area (Å²) in [6, 6.07) is 8.39. The van der Waals surface area contributed by atoms with Gasteiger partial charge in [0, 0.05) is 17.3 Å². The van der Waals surface area contributed by atoms with E-state index < -0.39 is 0 Å². The maximum atomic E-state index is 3.80. The van der Waals surface area contributed by atoms with Crippen molar-refractivity contribution in [3.8, 4) is 0 Å². The first-order chi connectivity index (χ1) is 7.17. The normalized spacial score (nSPS) is 13.4. The average molecular weight is 201 g/mol. The first kappa shape index (κ1) is 11.6. The average Bonchev–Trinajstić information content (AvgIpc) is 2.27. The molecule has 80 valence electrons. The molecule has 15 heavy (non-hydrogen) atoms. The minimum atomic E-state index is 0.358. The zero-order chi connectivity index (χ0) is 11.3. The Morgan fingerprint density at radius 1 is 1.33 bits per heavy atom. The van der Waals surface area contributed by atoms with Crippen LogP contribution in [0.2, 0.25) is 0 Å². The topological polar surface area (TPSA) is 12.0 Å². The van der Waals surface area contributed by atoms with Gasteiger partial charge in [0.1, 0.15) is 0 Å². The Morgan fingerprint density at radius 3 is 2.40 bits per heavy atom. The second-order valence-corrected chi connectivity index (χ2v) is 3.76. The highest BCUT2D eigenvalue weighted by atomic mass is 14.9. The summed E-state index contributed by atoms with van der Waals surface area (Å²) in [5.41, 5.74) is 3.59. The lowest BCUT2D eigenvalue weighted by molar-refractivity contribution is 0.868. The second-order valence-electron chi connectivity index (χ2n) is 3.76. The predicted molar refractivity (Wildman–Crippen MR) is 67.9 cm³/mol.